The van der Waals surface area contributed by atoms with Gasteiger partial charge in [-0.25, -0.2) is 4.39 Å². The molecule has 1 nitrogen and oxygen atoms in total. The Balaban J connectivity index is 2.11. The zero-order valence-electron chi connectivity index (χ0n) is 10.9. The van der Waals surface area contributed by atoms with Crippen LogP contribution in [0.2, 0.25) is 0 Å². The maximum atomic E-state index is 13.1. The van der Waals surface area contributed by atoms with Gasteiger partial charge in [0.1, 0.15) is 5.82 Å². The van der Waals surface area contributed by atoms with E-state index in [4.69, 9.17) is 0 Å². The van der Waals surface area contributed by atoms with E-state index in [-0.39, 0.29) is 11.7 Å². The SMILES string of the molecule is Fc1ccc(C(c2ccccc2)c2ccccn2)cc1. The lowest BCUT2D eigenvalue weighted by molar-refractivity contribution is 0.626. The summed E-state index contributed by atoms with van der Waals surface area (Å²) in [5, 5.41) is 0. The van der Waals surface area contributed by atoms with Gasteiger partial charge in [-0.2, -0.15) is 0 Å². The van der Waals surface area contributed by atoms with E-state index < -0.39 is 0 Å². The fourth-order valence-corrected chi connectivity index (χ4v) is 2.38. The summed E-state index contributed by atoms with van der Waals surface area (Å²) < 4.78 is 13.1. The summed E-state index contributed by atoms with van der Waals surface area (Å²) in [5.74, 6) is -0.195. The number of rotatable bonds is 3. The Bertz CT molecular complexity index is 623. The van der Waals surface area contributed by atoms with Gasteiger partial charge in [0.2, 0.25) is 0 Å². The lowest BCUT2D eigenvalue weighted by atomic mass is 9.88. The zero-order chi connectivity index (χ0) is 13.8. The number of halogens is 1. The van der Waals surface area contributed by atoms with E-state index in [0.717, 1.165) is 16.8 Å². The number of hydrogen-bond acceptors (Lipinski definition) is 1. The molecule has 2 aromatic carbocycles. The highest BCUT2D eigenvalue weighted by molar-refractivity contribution is 5.40. The minimum Gasteiger partial charge on any atom is -0.260 e. The smallest absolute Gasteiger partial charge is 0.123 e. The summed E-state index contributed by atoms with van der Waals surface area (Å²) >= 11 is 0. The van der Waals surface area contributed by atoms with Crippen molar-refractivity contribution in [3.05, 3.63) is 102 Å². The lowest BCUT2D eigenvalue weighted by Crippen LogP contribution is -2.05. The first kappa shape index (κ1) is 12.5. The fourth-order valence-electron chi connectivity index (χ4n) is 2.38. The second-order valence-corrected chi connectivity index (χ2v) is 4.65. The van der Waals surface area contributed by atoms with Gasteiger partial charge in [-0.3, -0.25) is 4.98 Å². The van der Waals surface area contributed by atoms with Crippen molar-refractivity contribution in [2.75, 3.05) is 0 Å². The normalized spacial score (nSPS) is 12.1. The molecule has 0 N–H and O–H groups in total. The summed E-state index contributed by atoms with van der Waals surface area (Å²) in [6.45, 7) is 0. The summed E-state index contributed by atoms with van der Waals surface area (Å²) in [6.07, 6.45) is 1.79. The molecule has 1 heterocycles. The van der Waals surface area contributed by atoms with Crippen molar-refractivity contribution in [3.8, 4) is 0 Å². The maximum absolute atomic E-state index is 13.1. The summed E-state index contributed by atoms with van der Waals surface area (Å²) in [5.41, 5.74) is 3.15. The van der Waals surface area contributed by atoms with Gasteiger partial charge in [-0.1, -0.05) is 48.5 Å². The molecule has 0 saturated heterocycles. The highest BCUT2D eigenvalue weighted by atomic mass is 19.1. The van der Waals surface area contributed by atoms with Crippen LogP contribution >= 0.6 is 0 Å². The lowest BCUT2D eigenvalue weighted by Gasteiger charge is -2.17. The minimum atomic E-state index is -0.221. The summed E-state index contributed by atoms with van der Waals surface area (Å²) in [7, 11) is 0. The van der Waals surface area contributed by atoms with Gasteiger partial charge in [-0.15, -0.1) is 0 Å². The molecule has 1 aromatic heterocycles. The fraction of sp³-hybridized carbons (Fsp3) is 0.0556. The van der Waals surface area contributed by atoms with E-state index in [1.165, 1.54) is 12.1 Å². The van der Waals surface area contributed by atoms with Crippen LogP contribution in [0.4, 0.5) is 4.39 Å². The molecule has 0 spiro atoms. The minimum absolute atomic E-state index is 0.0259. The van der Waals surface area contributed by atoms with Crippen molar-refractivity contribution in [2.24, 2.45) is 0 Å². The number of nitrogens with zero attached hydrogens (tertiary/aromatic N) is 1. The number of aromatic nitrogens is 1. The van der Waals surface area contributed by atoms with Crippen LogP contribution in [0.3, 0.4) is 0 Å². The number of pyridine rings is 1. The molecule has 0 bridgehead atoms. The third-order valence-electron chi connectivity index (χ3n) is 3.32. The molecular weight excluding hydrogens is 249 g/mol. The van der Waals surface area contributed by atoms with Crippen LogP contribution < -0.4 is 0 Å². The molecule has 0 radical (unpaired) electrons. The predicted molar refractivity (Wildman–Crippen MR) is 78.0 cm³/mol. The molecule has 1 unspecified atom stereocenters. The van der Waals surface area contributed by atoms with Crippen LogP contribution in [0.25, 0.3) is 0 Å². The molecule has 0 aliphatic rings. The molecule has 3 rings (SSSR count). The van der Waals surface area contributed by atoms with Crippen LogP contribution in [0.5, 0.6) is 0 Å². The molecule has 1 atom stereocenters. The number of hydrogen-bond donors (Lipinski definition) is 0. The average Bonchev–Trinajstić information content (AvgIpc) is 2.52. The van der Waals surface area contributed by atoms with Gasteiger partial charge < -0.3 is 0 Å². The van der Waals surface area contributed by atoms with Gasteiger partial charge in [0, 0.05) is 6.20 Å². The molecule has 0 saturated carbocycles. The second-order valence-electron chi connectivity index (χ2n) is 4.65. The second kappa shape index (κ2) is 5.66. The Morgan fingerprint density at radius 2 is 1.35 bits per heavy atom. The van der Waals surface area contributed by atoms with E-state index in [1.807, 2.05) is 48.5 Å². The average molecular weight is 263 g/mol. The molecule has 0 amide bonds. The molecule has 0 aliphatic heterocycles. The van der Waals surface area contributed by atoms with Gasteiger partial charge in [0.15, 0.2) is 0 Å². The molecule has 0 aliphatic carbocycles. The topological polar surface area (TPSA) is 12.9 Å². The van der Waals surface area contributed by atoms with Crippen molar-refractivity contribution in [1.29, 1.82) is 0 Å². The highest BCUT2D eigenvalue weighted by Gasteiger charge is 2.17. The third kappa shape index (κ3) is 2.59. The largest absolute Gasteiger partial charge is 0.260 e. The van der Waals surface area contributed by atoms with E-state index in [9.17, 15) is 4.39 Å². The summed E-state index contributed by atoms with van der Waals surface area (Å²) in [4.78, 5) is 4.46. The Morgan fingerprint density at radius 1 is 0.700 bits per heavy atom. The van der Waals surface area contributed by atoms with Gasteiger partial charge in [0.25, 0.3) is 0 Å². The predicted octanol–water partition coefficient (Wildman–Crippen LogP) is 4.40. The molecule has 2 heteroatoms. The highest BCUT2D eigenvalue weighted by Crippen LogP contribution is 2.30. The van der Waals surface area contributed by atoms with Gasteiger partial charge in [0.05, 0.1) is 11.6 Å². The Morgan fingerprint density at radius 3 is 2.00 bits per heavy atom. The monoisotopic (exact) mass is 263 g/mol. The first-order chi connectivity index (χ1) is 9.84. The van der Waals surface area contributed by atoms with E-state index >= 15 is 0 Å². The van der Waals surface area contributed by atoms with Gasteiger partial charge >= 0.3 is 0 Å². The van der Waals surface area contributed by atoms with Crippen molar-refractivity contribution < 1.29 is 4.39 Å². The van der Waals surface area contributed by atoms with Crippen molar-refractivity contribution in [1.82, 2.24) is 4.98 Å². The van der Waals surface area contributed by atoms with Crippen LogP contribution in [0, 0.1) is 5.82 Å². The molecular formula is C18H14FN. The van der Waals surface area contributed by atoms with Crippen LogP contribution in [-0.4, -0.2) is 4.98 Å². The molecule has 0 fully saturated rings. The van der Waals surface area contributed by atoms with Crippen LogP contribution in [0.1, 0.15) is 22.7 Å². The third-order valence-corrected chi connectivity index (χ3v) is 3.32. The molecule has 98 valence electrons. The number of benzene rings is 2. The molecule has 20 heavy (non-hydrogen) atoms. The van der Waals surface area contributed by atoms with E-state index in [0.29, 0.717) is 0 Å². The molecule has 3 aromatic rings. The van der Waals surface area contributed by atoms with Crippen molar-refractivity contribution in [3.63, 3.8) is 0 Å². The first-order valence-electron chi connectivity index (χ1n) is 6.56. The Hall–Kier alpha value is -2.48. The van der Waals surface area contributed by atoms with Crippen LogP contribution in [-0.2, 0) is 0 Å². The quantitative estimate of drug-likeness (QED) is 0.682. The Labute approximate surface area is 117 Å². The maximum Gasteiger partial charge on any atom is 0.123 e. The zero-order valence-corrected chi connectivity index (χ0v) is 10.9. The van der Waals surface area contributed by atoms with E-state index in [1.54, 1.807) is 6.20 Å². The van der Waals surface area contributed by atoms with Gasteiger partial charge in [-0.05, 0) is 35.4 Å². The first-order valence-corrected chi connectivity index (χ1v) is 6.56. The van der Waals surface area contributed by atoms with E-state index in [2.05, 4.69) is 17.1 Å². The summed E-state index contributed by atoms with van der Waals surface area (Å²) in [6, 6.07) is 22.7. The standard InChI is InChI=1S/C18H14FN/c19-16-11-9-15(10-12-16)18(14-6-2-1-3-7-14)17-8-4-5-13-20-17/h1-13,18H. The van der Waals surface area contributed by atoms with Crippen LogP contribution in [0.15, 0.2) is 79.0 Å². The Kier molecular flexibility index (Phi) is 3.55. The van der Waals surface area contributed by atoms with Crippen molar-refractivity contribution >= 4 is 0 Å². The van der Waals surface area contributed by atoms with Crippen molar-refractivity contribution in [2.45, 2.75) is 5.92 Å².